The first-order valence-corrected chi connectivity index (χ1v) is 9.08. The van der Waals surface area contributed by atoms with E-state index in [1.165, 1.54) is 26.0 Å². The van der Waals surface area contributed by atoms with Gasteiger partial charge in [0.05, 0.1) is 7.11 Å². The second-order valence-electron chi connectivity index (χ2n) is 6.27. The molecule has 0 amide bonds. The van der Waals surface area contributed by atoms with Crippen LogP contribution in [-0.4, -0.2) is 29.6 Å². The number of methoxy groups -OCH3 is 1. The van der Waals surface area contributed by atoms with Crippen LogP contribution in [0.25, 0.3) is 0 Å². The minimum Gasteiger partial charge on any atom is -0.469 e. The molecule has 1 N–H and O–H groups in total. The third-order valence-corrected chi connectivity index (χ3v) is 4.19. The summed E-state index contributed by atoms with van der Waals surface area (Å²) in [5.74, 6) is -0.372. The summed E-state index contributed by atoms with van der Waals surface area (Å²) in [6.45, 7) is 2.17. The van der Waals surface area contributed by atoms with Gasteiger partial charge in [-0.05, 0) is 37.8 Å². The Balaban J connectivity index is 2.51. The number of aliphatic hydroxyl groups is 1. The van der Waals surface area contributed by atoms with Gasteiger partial charge >= 0.3 is 5.97 Å². The third-order valence-electron chi connectivity index (χ3n) is 4.19. The minimum absolute atomic E-state index is 0.152. The maximum atomic E-state index is 12.0. The average Bonchev–Trinajstić information content (AvgIpc) is 2.89. The van der Waals surface area contributed by atoms with Crippen molar-refractivity contribution in [3.63, 3.8) is 0 Å². The SMILES string of the molecule is CCCCC/C=C\C[C@]1(O)C=CC(=O)/C1=C\C=C/CCCC(=O)OC. The highest BCUT2D eigenvalue weighted by atomic mass is 16.5. The summed E-state index contributed by atoms with van der Waals surface area (Å²) < 4.78 is 4.58. The molecule has 0 spiro atoms. The van der Waals surface area contributed by atoms with Crippen LogP contribution in [0.5, 0.6) is 0 Å². The summed E-state index contributed by atoms with van der Waals surface area (Å²) >= 11 is 0. The lowest BCUT2D eigenvalue weighted by molar-refractivity contribution is -0.140. The van der Waals surface area contributed by atoms with Crippen LogP contribution in [0.3, 0.4) is 0 Å². The van der Waals surface area contributed by atoms with Gasteiger partial charge in [-0.3, -0.25) is 9.59 Å². The normalized spacial score (nSPS) is 21.9. The molecular weight excluding hydrogens is 316 g/mol. The van der Waals surface area contributed by atoms with Gasteiger partial charge in [0.1, 0.15) is 5.60 Å². The first-order chi connectivity index (χ1) is 12.0. The van der Waals surface area contributed by atoms with Crippen molar-refractivity contribution >= 4 is 11.8 Å². The zero-order valence-corrected chi connectivity index (χ0v) is 15.4. The number of carbonyl (C=O) groups is 2. The lowest BCUT2D eigenvalue weighted by Crippen LogP contribution is -2.27. The predicted molar refractivity (Wildman–Crippen MR) is 100 cm³/mol. The van der Waals surface area contributed by atoms with Gasteiger partial charge in [-0.25, -0.2) is 0 Å². The Morgan fingerprint density at radius 3 is 2.68 bits per heavy atom. The molecule has 0 unspecified atom stereocenters. The summed E-state index contributed by atoms with van der Waals surface area (Å²) in [6.07, 6.45) is 19.1. The molecule has 0 radical (unpaired) electrons. The van der Waals surface area contributed by atoms with E-state index in [0.717, 1.165) is 19.3 Å². The number of ketones is 1. The molecule has 0 bridgehead atoms. The van der Waals surface area contributed by atoms with E-state index < -0.39 is 5.60 Å². The monoisotopic (exact) mass is 346 g/mol. The van der Waals surface area contributed by atoms with Crippen LogP contribution >= 0.6 is 0 Å². The Labute approximate surface area is 151 Å². The third kappa shape index (κ3) is 7.65. The standard InChI is InChI=1S/C21H30O4/c1-3-4-5-6-9-12-16-21(24)17-15-19(22)18(21)13-10-7-8-11-14-20(23)25-2/h7,9-10,12-13,15,17,24H,3-6,8,11,14,16H2,1-2H3/b10-7-,12-9-,18-13+/t21-/m0/s1. The van der Waals surface area contributed by atoms with Gasteiger partial charge in [0.25, 0.3) is 0 Å². The zero-order valence-electron chi connectivity index (χ0n) is 15.4. The smallest absolute Gasteiger partial charge is 0.305 e. The van der Waals surface area contributed by atoms with Gasteiger partial charge < -0.3 is 9.84 Å². The van der Waals surface area contributed by atoms with Crippen molar-refractivity contribution in [2.45, 2.75) is 63.9 Å². The van der Waals surface area contributed by atoms with Crippen molar-refractivity contribution in [1.29, 1.82) is 0 Å². The van der Waals surface area contributed by atoms with Crippen molar-refractivity contribution in [3.05, 3.63) is 48.1 Å². The van der Waals surface area contributed by atoms with Gasteiger partial charge in [-0.1, -0.05) is 50.1 Å². The van der Waals surface area contributed by atoms with Crippen LogP contribution in [0.2, 0.25) is 0 Å². The Morgan fingerprint density at radius 2 is 1.96 bits per heavy atom. The second kappa shape index (κ2) is 11.6. The maximum absolute atomic E-state index is 12.0. The molecule has 0 aromatic heterocycles. The van der Waals surface area contributed by atoms with Gasteiger partial charge in [-0.2, -0.15) is 0 Å². The molecule has 25 heavy (non-hydrogen) atoms. The van der Waals surface area contributed by atoms with E-state index in [-0.39, 0.29) is 11.8 Å². The van der Waals surface area contributed by atoms with E-state index in [2.05, 4.69) is 17.7 Å². The molecule has 1 aliphatic rings. The first kappa shape index (κ1) is 21.1. The summed E-state index contributed by atoms with van der Waals surface area (Å²) in [5.41, 5.74) is -0.816. The van der Waals surface area contributed by atoms with E-state index in [1.54, 1.807) is 18.2 Å². The Hall–Kier alpha value is -1.94. The highest BCUT2D eigenvalue weighted by Crippen LogP contribution is 2.30. The van der Waals surface area contributed by atoms with E-state index in [0.29, 0.717) is 24.8 Å². The highest BCUT2D eigenvalue weighted by molar-refractivity contribution is 6.09. The van der Waals surface area contributed by atoms with Crippen LogP contribution in [0.4, 0.5) is 0 Å². The predicted octanol–water partition coefficient (Wildman–Crippen LogP) is 4.21. The number of hydrogen-bond acceptors (Lipinski definition) is 4. The van der Waals surface area contributed by atoms with Gasteiger partial charge in [0, 0.05) is 18.4 Å². The van der Waals surface area contributed by atoms with E-state index in [4.69, 9.17) is 0 Å². The molecule has 138 valence electrons. The van der Waals surface area contributed by atoms with Gasteiger partial charge in [-0.15, -0.1) is 0 Å². The molecule has 0 aromatic carbocycles. The summed E-state index contributed by atoms with van der Waals surface area (Å²) in [4.78, 5) is 23.0. The quantitative estimate of drug-likeness (QED) is 0.263. The molecule has 1 aliphatic carbocycles. The fraction of sp³-hybridized carbons (Fsp3) is 0.524. The number of unbranched alkanes of at least 4 members (excludes halogenated alkanes) is 4. The van der Waals surface area contributed by atoms with Crippen molar-refractivity contribution in [2.75, 3.05) is 7.11 Å². The molecule has 0 aromatic rings. The van der Waals surface area contributed by atoms with Crippen molar-refractivity contribution < 1.29 is 19.4 Å². The Morgan fingerprint density at radius 1 is 1.20 bits per heavy atom. The Kier molecular flexibility index (Phi) is 9.78. The highest BCUT2D eigenvalue weighted by Gasteiger charge is 2.35. The number of esters is 1. The zero-order chi connectivity index (χ0) is 18.5. The van der Waals surface area contributed by atoms with Crippen LogP contribution < -0.4 is 0 Å². The van der Waals surface area contributed by atoms with E-state index in [1.807, 2.05) is 12.2 Å². The number of carbonyl (C=O) groups excluding carboxylic acids is 2. The fourth-order valence-electron chi connectivity index (χ4n) is 2.63. The molecule has 0 saturated carbocycles. The molecular formula is C21H30O4. The second-order valence-corrected chi connectivity index (χ2v) is 6.27. The largest absolute Gasteiger partial charge is 0.469 e. The number of ether oxygens (including phenoxy) is 1. The number of allylic oxidation sites excluding steroid dienone is 5. The maximum Gasteiger partial charge on any atom is 0.305 e. The summed E-state index contributed by atoms with van der Waals surface area (Å²) in [5, 5.41) is 10.7. The van der Waals surface area contributed by atoms with Crippen LogP contribution in [0, 0.1) is 0 Å². The molecule has 0 aliphatic heterocycles. The van der Waals surface area contributed by atoms with Crippen LogP contribution in [-0.2, 0) is 14.3 Å². The van der Waals surface area contributed by atoms with Crippen molar-refractivity contribution in [3.8, 4) is 0 Å². The summed E-state index contributed by atoms with van der Waals surface area (Å²) in [7, 11) is 1.38. The van der Waals surface area contributed by atoms with Crippen molar-refractivity contribution in [1.82, 2.24) is 0 Å². The van der Waals surface area contributed by atoms with Crippen LogP contribution in [0.15, 0.2) is 48.1 Å². The van der Waals surface area contributed by atoms with Gasteiger partial charge in [0.2, 0.25) is 0 Å². The van der Waals surface area contributed by atoms with E-state index in [9.17, 15) is 14.7 Å². The Bertz CT molecular complexity index is 554. The van der Waals surface area contributed by atoms with Crippen LogP contribution in [0.1, 0.15) is 58.3 Å². The molecule has 0 fully saturated rings. The lowest BCUT2D eigenvalue weighted by atomic mass is 9.92. The molecule has 0 heterocycles. The van der Waals surface area contributed by atoms with Gasteiger partial charge in [0.15, 0.2) is 5.78 Å². The number of rotatable bonds is 11. The molecule has 4 nitrogen and oxygen atoms in total. The first-order valence-electron chi connectivity index (χ1n) is 9.08. The van der Waals surface area contributed by atoms with Crippen molar-refractivity contribution in [2.24, 2.45) is 0 Å². The average molecular weight is 346 g/mol. The molecule has 4 heteroatoms. The number of hydrogen-bond donors (Lipinski definition) is 1. The molecule has 0 saturated heterocycles. The fourth-order valence-corrected chi connectivity index (χ4v) is 2.63. The van der Waals surface area contributed by atoms with E-state index >= 15 is 0 Å². The minimum atomic E-state index is -1.21. The molecule has 1 atom stereocenters. The topological polar surface area (TPSA) is 63.6 Å². The molecule has 1 rings (SSSR count). The lowest BCUT2D eigenvalue weighted by Gasteiger charge is -2.20. The summed E-state index contributed by atoms with van der Waals surface area (Å²) in [6, 6.07) is 0.